The van der Waals surface area contributed by atoms with E-state index >= 15 is 0 Å². The number of rotatable bonds is 4. The summed E-state index contributed by atoms with van der Waals surface area (Å²) < 4.78 is 16.8. The Bertz CT molecular complexity index is 491. The summed E-state index contributed by atoms with van der Waals surface area (Å²) in [5.74, 6) is -0.0705. The van der Waals surface area contributed by atoms with Crippen molar-refractivity contribution < 1.29 is 24.1 Å². The molecule has 0 bridgehead atoms. The summed E-state index contributed by atoms with van der Waals surface area (Å²) in [5, 5.41) is 11.4. The Balaban J connectivity index is 1.90. The molecule has 1 saturated carbocycles. The molecule has 0 aromatic heterocycles. The van der Waals surface area contributed by atoms with E-state index in [9.17, 15) is 9.90 Å². The summed E-state index contributed by atoms with van der Waals surface area (Å²) in [7, 11) is 1.46. The van der Waals surface area contributed by atoms with Crippen LogP contribution in [0, 0.1) is 0 Å². The van der Waals surface area contributed by atoms with Crippen molar-refractivity contribution >= 4 is 5.78 Å². The Hall–Kier alpha value is -0.750. The smallest absolute Gasteiger partial charge is 0.164 e. The molecule has 0 aromatic rings. The zero-order valence-electron chi connectivity index (χ0n) is 13.1. The zero-order chi connectivity index (χ0) is 15.5. The standard InChI is InChI=1S/C16H24O5/c1-10(2)5-6-12-14(3,21-12)16(18)13(19-4)11(17)7-8-15(16)9-20-15/h5,12-13,18H,6-9H2,1-4H3/t12?,13-,14+,15?,16+/m1/s1. The van der Waals surface area contributed by atoms with Crippen LogP contribution >= 0.6 is 0 Å². The molecular formula is C16H24O5. The molecule has 5 nitrogen and oxygen atoms in total. The van der Waals surface area contributed by atoms with Crippen LogP contribution in [0.2, 0.25) is 0 Å². The van der Waals surface area contributed by atoms with Crippen molar-refractivity contribution in [3.8, 4) is 0 Å². The largest absolute Gasteiger partial charge is 0.380 e. The predicted molar refractivity (Wildman–Crippen MR) is 76.0 cm³/mol. The van der Waals surface area contributed by atoms with Crippen molar-refractivity contribution in [3.63, 3.8) is 0 Å². The van der Waals surface area contributed by atoms with Gasteiger partial charge in [0.1, 0.15) is 17.3 Å². The number of hydrogen-bond donors (Lipinski definition) is 1. The van der Waals surface area contributed by atoms with E-state index in [0.29, 0.717) is 19.4 Å². The minimum Gasteiger partial charge on any atom is -0.380 e. The lowest BCUT2D eigenvalue weighted by Gasteiger charge is -2.45. The number of methoxy groups -OCH3 is 1. The molecule has 118 valence electrons. The molecule has 2 unspecified atom stereocenters. The second-order valence-corrected chi connectivity index (χ2v) is 6.86. The first-order valence-corrected chi connectivity index (χ1v) is 7.54. The third kappa shape index (κ3) is 1.95. The van der Waals surface area contributed by atoms with Gasteiger partial charge >= 0.3 is 0 Å². The fraction of sp³-hybridized carbons (Fsp3) is 0.812. The van der Waals surface area contributed by atoms with E-state index in [0.717, 1.165) is 6.42 Å². The van der Waals surface area contributed by atoms with Gasteiger partial charge in [0.15, 0.2) is 11.4 Å². The Morgan fingerprint density at radius 2 is 2.19 bits per heavy atom. The number of carbonyl (C=O) groups is 1. The topological polar surface area (TPSA) is 71.6 Å². The van der Waals surface area contributed by atoms with E-state index in [-0.39, 0.29) is 11.9 Å². The average Bonchev–Trinajstić information content (AvgIpc) is 3.31. The van der Waals surface area contributed by atoms with Gasteiger partial charge in [0.2, 0.25) is 0 Å². The van der Waals surface area contributed by atoms with Gasteiger partial charge in [-0.15, -0.1) is 0 Å². The molecule has 2 saturated heterocycles. The van der Waals surface area contributed by atoms with Gasteiger partial charge in [0.25, 0.3) is 0 Å². The minimum absolute atomic E-state index is 0.0705. The van der Waals surface area contributed by atoms with Gasteiger partial charge < -0.3 is 19.3 Å². The van der Waals surface area contributed by atoms with E-state index in [1.54, 1.807) is 0 Å². The summed E-state index contributed by atoms with van der Waals surface area (Å²) in [6, 6.07) is 0. The van der Waals surface area contributed by atoms with Gasteiger partial charge in [-0.2, -0.15) is 0 Å². The van der Waals surface area contributed by atoms with E-state index in [1.165, 1.54) is 12.7 Å². The first kappa shape index (κ1) is 15.2. The van der Waals surface area contributed by atoms with Crippen molar-refractivity contribution in [2.45, 2.75) is 69.0 Å². The maximum Gasteiger partial charge on any atom is 0.164 e. The van der Waals surface area contributed by atoms with Crippen molar-refractivity contribution in [1.82, 2.24) is 0 Å². The highest BCUT2D eigenvalue weighted by Gasteiger charge is 2.81. The van der Waals surface area contributed by atoms with Gasteiger partial charge in [-0.25, -0.2) is 0 Å². The monoisotopic (exact) mass is 296 g/mol. The predicted octanol–water partition coefficient (Wildman–Crippen LogP) is 1.38. The maximum absolute atomic E-state index is 12.2. The van der Waals surface area contributed by atoms with Crippen LogP contribution in [0.4, 0.5) is 0 Å². The fourth-order valence-corrected chi connectivity index (χ4v) is 3.80. The van der Waals surface area contributed by atoms with Gasteiger partial charge in [-0.3, -0.25) is 4.79 Å². The van der Waals surface area contributed by atoms with Gasteiger partial charge in [0.05, 0.1) is 12.7 Å². The lowest BCUT2D eigenvalue weighted by molar-refractivity contribution is -0.193. The van der Waals surface area contributed by atoms with Crippen LogP contribution in [-0.4, -0.2) is 53.6 Å². The lowest BCUT2D eigenvalue weighted by atomic mass is 9.65. The molecule has 3 fully saturated rings. The number of Topliss-reactive ketones (excluding diaryl/α,β-unsaturated/α-hetero) is 1. The third-order valence-electron chi connectivity index (χ3n) is 5.31. The van der Waals surface area contributed by atoms with E-state index in [2.05, 4.69) is 6.08 Å². The number of epoxide rings is 2. The van der Waals surface area contributed by atoms with E-state index in [1.807, 2.05) is 20.8 Å². The highest BCUT2D eigenvalue weighted by Crippen LogP contribution is 2.61. The van der Waals surface area contributed by atoms with Crippen LogP contribution < -0.4 is 0 Å². The molecule has 5 heteroatoms. The van der Waals surface area contributed by atoms with Crippen LogP contribution in [0.15, 0.2) is 11.6 Å². The Labute approximate surface area is 125 Å². The van der Waals surface area contributed by atoms with Crippen molar-refractivity contribution in [2.24, 2.45) is 0 Å². The van der Waals surface area contributed by atoms with E-state index in [4.69, 9.17) is 14.2 Å². The lowest BCUT2D eigenvalue weighted by Crippen LogP contribution is -2.69. The van der Waals surface area contributed by atoms with Crippen molar-refractivity contribution in [1.29, 1.82) is 0 Å². The molecule has 2 heterocycles. The highest BCUT2D eigenvalue weighted by atomic mass is 16.7. The van der Waals surface area contributed by atoms with Gasteiger partial charge in [-0.1, -0.05) is 11.6 Å². The maximum atomic E-state index is 12.2. The first-order valence-electron chi connectivity index (χ1n) is 7.54. The molecule has 1 spiro atoms. The van der Waals surface area contributed by atoms with Crippen molar-refractivity contribution in [3.05, 3.63) is 11.6 Å². The van der Waals surface area contributed by atoms with Crippen LogP contribution in [0.1, 0.15) is 40.0 Å². The summed E-state index contributed by atoms with van der Waals surface area (Å²) in [4.78, 5) is 12.2. The third-order valence-corrected chi connectivity index (χ3v) is 5.31. The molecule has 0 amide bonds. The summed E-state index contributed by atoms with van der Waals surface area (Å²) >= 11 is 0. The number of aliphatic hydroxyl groups is 1. The zero-order valence-corrected chi connectivity index (χ0v) is 13.1. The van der Waals surface area contributed by atoms with Crippen molar-refractivity contribution in [2.75, 3.05) is 13.7 Å². The van der Waals surface area contributed by atoms with Crippen LogP contribution in [0.5, 0.6) is 0 Å². The van der Waals surface area contributed by atoms with Gasteiger partial charge in [-0.05, 0) is 33.6 Å². The first-order chi connectivity index (χ1) is 9.81. The SMILES string of the molecule is CO[C@@H]1C(=O)CCC2(CO2)[C@@]1(O)[C@@]1(C)OC1CC=C(C)C. The van der Waals surface area contributed by atoms with E-state index < -0.39 is 22.9 Å². The van der Waals surface area contributed by atoms with Crippen LogP contribution in [0.3, 0.4) is 0 Å². The number of ketones is 1. The molecule has 1 N–H and O–H groups in total. The fourth-order valence-electron chi connectivity index (χ4n) is 3.80. The quantitative estimate of drug-likeness (QED) is 0.627. The summed E-state index contributed by atoms with van der Waals surface area (Å²) in [6.07, 6.45) is 2.75. The number of hydrogen-bond acceptors (Lipinski definition) is 5. The highest BCUT2D eigenvalue weighted by molar-refractivity contribution is 5.87. The number of ether oxygens (including phenoxy) is 3. The second-order valence-electron chi connectivity index (χ2n) is 6.86. The summed E-state index contributed by atoms with van der Waals surface area (Å²) in [5.41, 5.74) is -1.69. The van der Waals surface area contributed by atoms with Crippen LogP contribution in [0.25, 0.3) is 0 Å². The molecule has 0 aromatic carbocycles. The van der Waals surface area contributed by atoms with Gasteiger partial charge in [0, 0.05) is 13.5 Å². The summed E-state index contributed by atoms with van der Waals surface area (Å²) in [6.45, 7) is 6.39. The van der Waals surface area contributed by atoms with Crippen LogP contribution in [-0.2, 0) is 19.0 Å². The molecule has 1 aliphatic carbocycles. The Morgan fingerprint density at radius 1 is 1.52 bits per heavy atom. The number of allylic oxidation sites excluding steroid dienone is 1. The molecular weight excluding hydrogens is 272 g/mol. The molecule has 0 radical (unpaired) electrons. The molecule has 3 aliphatic rings. The normalized spacial score (nSPS) is 48.3. The average molecular weight is 296 g/mol. The molecule has 21 heavy (non-hydrogen) atoms. The Morgan fingerprint density at radius 3 is 2.71 bits per heavy atom. The molecule has 3 rings (SSSR count). The molecule has 5 atom stereocenters. The Kier molecular flexibility index (Phi) is 3.34. The molecule has 2 aliphatic heterocycles. The number of carbonyl (C=O) groups excluding carboxylic acids is 1. The minimum atomic E-state index is -1.41. The second kappa shape index (κ2) is 4.62.